The summed E-state index contributed by atoms with van der Waals surface area (Å²) in [6.07, 6.45) is 3.50. The number of hydrogen-bond donors (Lipinski definition) is 3. The van der Waals surface area contributed by atoms with Gasteiger partial charge >= 0.3 is 0 Å². The minimum Gasteiger partial charge on any atom is -0.493 e. The number of carbonyl (C=O) groups is 2. The van der Waals surface area contributed by atoms with Crippen LogP contribution in [-0.2, 0) is 9.59 Å². The Hall–Kier alpha value is -3.46. The van der Waals surface area contributed by atoms with Crippen LogP contribution in [0.3, 0.4) is 0 Å². The normalized spacial score (nSPS) is 11.7. The number of nitrogens with one attached hydrogen (secondary N) is 2. The van der Waals surface area contributed by atoms with Crippen LogP contribution in [0.5, 0.6) is 17.2 Å². The highest BCUT2D eigenvalue weighted by Gasteiger charge is 2.14. The highest BCUT2D eigenvalue weighted by atomic mass is 16.5. The Bertz CT molecular complexity index is 812. The Morgan fingerprint density at radius 1 is 1.13 bits per heavy atom. The molecule has 2 aromatic rings. The summed E-state index contributed by atoms with van der Waals surface area (Å²) < 4.78 is 21.1. The van der Waals surface area contributed by atoms with Crippen LogP contribution in [0.1, 0.15) is 12.2 Å². The molecule has 3 N–H and O–H groups in total. The van der Waals surface area contributed by atoms with Crippen molar-refractivity contribution in [1.29, 1.82) is 0 Å². The molecule has 0 aliphatic carbocycles. The summed E-state index contributed by atoms with van der Waals surface area (Å²) in [7, 11) is 3.01. The van der Waals surface area contributed by atoms with E-state index in [2.05, 4.69) is 10.6 Å². The molecule has 1 aromatic carbocycles. The summed E-state index contributed by atoms with van der Waals surface area (Å²) in [5.41, 5.74) is 0. The maximum absolute atomic E-state index is 11.9. The molecule has 0 saturated carbocycles. The smallest absolute Gasteiger partial charge is 0.244 e. The average molecular weight is 418 g/mol. The molecule has 30 heavy (non-hydrogen) atoms. The van der Waals surface area contributed by atoms with Crippen molar-refractivity contribution in [2.45, 2.75) is 12.5 Å². The molecule has 1 atom stereocenters. The molecule has 0 aliphatic heterocycles. The second kappa shape index (κ2) is 12.2. The second-order valence-corrected chi connectivity index (χ2v) is 6.15. The number of rotatable bonds is 12. The van der Waals surface area contributed by atoms with Crippen molar-refractivity contribution in [3.05, 3.63) is 48.4 Å². The van der Waals surface area contributed by atoms with Crippen molar-refractivity contribution < 1.29 is 33.3 Å². The molecule has 9 heteroatoms. The van der Waals surface area contributed by atoms with Crippen LogP contribution >= 0.6 is 0 Å². The molecule has 0 spiro atoms. The van der Waals surface area contributed by atoms with Crippen molar-refractivity contribution in [1.82, 2.24) is 10.6 Å². The van der Waals surface area contributed by atoms with Gasteiger partial charge in [-0.1, -0.05) is 6.07 Å². The van der Waals surface area contributed by atoms with Crippen LogP contribution in [0, 0.1) is 0 Å². The predicted molar refractivity (Wildman–Crippen MR) is 109 cm³/mol. The molecule has 1 aromatic heterocycles. The molecular formula is C21H26N2O7. The fourth-order valence-electron chi connectivity index (χ4n) is 2.42. The van der Waals surface area contributed by atoms with E-state index in [1.54, 1.807) is 30.3 Å². The molecule has 9 nitrogen and oxygen atoms in total. The number of ether oxygens (including phenoxy) is 3. The number of amides is 2. The number of aliphatic hydroxyl groups excluding tert-OH is 1. The summed E-state index contributed by atoms with van der Waals surface area (Å²) in [6.45, 7) is 0.103. The largest absolute Gasteiger partial charge is 0.493 e. The topological polar surface area (TPSA) is 119 Å². The van der Waals surface area contributed by atoms with Crippen molar-refractivity contribution in [2.24, 2.45) is 0 Å². The van der Waals surface area contributed by atoms with E-state index in [9.17, 15) is 14.7 Å². The number of furan rings is 1. The van der Waals surface area contributed by atoms with Gasteiger partial charge in [-0.3, -0.25) is 9.59 Å². The fraction of sp³-hybridized carbons (Fsp3) is 0.333. The van der Waals surface area contributed by atoms with Gasteiger partial charge in [-0.15, -0.1) is 0 Å². The Kier molecular flexibility index (Phi) is 9.26. The van der Waals surface area contributed by atoms with Crippen LogP contribution < -0.4 is 24.8 Å². The van der Waals surface area contributed by atoms with Gasteiger partial charge in [0.05, 0.1) is 20.5 Å². The maximum Gasteiger partial charge on any atom is 0.244 e. The van der Waals surface area contributed by atoms with E-state index in [1.807, 2.05) is 0 Å². The quantitative estimate of drug-likeness (QED) is 0.446. The minimum atomic E-state index is -0.936. The molecule has 2 rings (SSSR count). The highest BCUT2D eigenvalue weighted by Crippen LogP contribution is 2.36. The number of aliphatic hydroxyl groups is 1. The Balaban J connectivity index is 1.65. The second-order valence-electron chi connectivity index (χ2n) is 6.15. The first-order valence-electron chi connectivity index (χ1n) is 9.31. The third kappa shape index (κ3) is 7.51. The summed E-state index contributed by atoms with van der Waals surface area (Å²) in [6, 6.07) is 8.62. The van der Waals surface area contributed by atoms with Gasteiger partial charge in [0.25, 0.3) is 0 Å². The lowest BCUT2D eigenvalue weighted by molar-refractivity contribution is -0.121. The van der Waals surface area contributed by atoms with E-state index < -0.39 is 6.10 Å². The van der Waals surface area contributed by atoms with Crippen LogP contribution in [0.2, 0.25) is 0 Å². The number of para-hydroxylation sites is 1. The van der Waals surface area contributed by atoms with Gasteiger partial charge in [0.1, 0.15) is 18.5 Å². The van der Waals surface area contributed by atoms with Crippen LogP contribution in [0.4, 0.5) is 0 Å². The van der Waals surface area contributed by atoms with Gasteiger partial charge < -0.3 is 34.4 Å². The fourth-order valence-corrected chi connectivity index (χ4v) is 2.42. The average Bonchev–Trinajstić information content (AvgIpc) is 3.28. The molecule has 0 aliphatic rings. The lowest BCUT2D eigenvalue weighted by atomic mass is 10.3. The Labute approximate surface area is 174 Å². The van der Waals surface area contributed by atoms with E-state index >= 15 is 0 Å². The van der Waals surface area contributed by atoms with Crippen LogP contribution in [0.15, 0.2) is 47.1 Å². The molecular weight excluding hydrogens is 392 g/mol. The third-order valence-corrected chi connectivity index (χ3v) is 3.93. The van der Waals surface area contributed by atoms with Crippen LogP contribution in [0.25, 0.3) is 6.08 Å². The van der Waals surface area contributed by atoms with E-state index in [-0.39, 0.29) is 37.9 Å². The molecule has 0 radical (unpaired) electrons. The minimum absolute atomic E-state index is 0.00262. The van der Waals surface area contributed by atoms with Crippen LogP contribution in [-0.4, -0.2) is 56.9 Å². The summed E-state index contributed by atoms with van der Waals surface area (Å²) >= 11 is 0. The zero-order valence-electron chi connectivity index (χ0n) is 16.9. The van der Waals surface area contributed by atoms with Crippen molar-refractivity contribution in [3.63, 3.8) is 0 Å². The van der Waals surface area contributed by atoms with Gasteiger partial charge in [-0.05, 0) is 30.3 Å². The summed E-state index contributed by atoms with van der Waals surface area (Å²) in [5, 5.41) is 15.2. The number of benzene rings is 1. The predicted octanol–water partition coefficient (Wildman–Crippen LogP) is 1.37. The molecule has 0 fully saturated rings. The lowest BCUT2D eigenvalue weighted by Crippen LogP contribution is -2.37. The Morgan fingerprint density at radius 2 is 1.87 bits per heavy atom. The standard InChI is InChI=1S/C21H26N2O7/c1-27-17-6-3-7-18(28-2)21(17)30-14-15(24)13-23-20(26)10-11-22-19(25)9-8-16-5-4-12-29-16/h3-9,12,15,24H,10-11,13-14H2,1-2H3,(H,22,25)(H,23,26)/b9-8+. The molecule has 1 heterocycles. The number of carbonyl (C=O) groups excluding carboxylic acids is 2. The van der Waals surface area contributed by atoms with Gasteiger partial charge in [0.2, 0.25) is 17.6 Å². The number of hydrogen-bond acceptors (Lipinski definition) is 7. The lowest BCUT2D eigenvalue weighted by Gasteiger charge is -2.17. The maximum atomic E-state index is 11.9. The van der Waals surface area contributed by atoms with Crippen molar-refractivity contribution >= 4 is 17.9 Å². The monoisotopic (exact) mass is 418 g/mol. The molecule has 0 bridgehead atoms. The van der Waals surface area contributed by atoms with Gasteiger partial charge in [0.15, 0.2) is 11.5 Å². The molecule has 1 unspecified atom stereocenters. The first kappa shape index (κ1) is 22.8. The zero-order chi connectivity index (χ0) is 21.8. The van der Waals surface area contributed by atoms with E-state index in [0.717, 1.165) is 0 Å². The first-order valence-corrected chi connectivity index (χ1v) is 9.31. The SMILES string of the molecule is COc1cccc(OC)c1OCC(O)CNC(=O)CCNC(=O)/C=C/c1ccco1. The first-order chi connectivity index (χ1) is 14.5. The number of methoxy groups -OCH3 is 2. The van der Waals surface area contributed by atoms with Gasteiger partial charge in [0, 0.05) is 25.6 Å². The molecule has 0 saturated heterocycles. The third-order valence-electron chi connectivity index (χ3n) is 3.93. The van der Waals surface area contributed by atoms with Crippen molar-refractivity contribution in [3.8, 4) is 17.2 Å². The highest BCUT2D eigenvalue weighted by molar-refractivity contribution is 5.91. The van der Waals surface area contributed by atoms with Crippen molar-refractivity contribution in [2.75, 3.05) is 33.9 Å². The molecule has 2 amide bonds. The van der Waals surface area contributed by atoms with Gasteiger partial charge in [-0.25, -0.2) is 0 Å². The van der Waals surface area contributed by atoms with Gasteiger partial charge in [-0.2, -0.15) is 0 Å². The molecule has 162 valence electrons. The Morgan fingerprint density at radius 3 is 2.50 bits per heavy atom. The van der Waals surface area contributed by atoms with E-state index in [0.29, 0.717) is 23.0 Å². The summed E-state index contributed by atoms with van der Waals surface area (Å²) in [4.78, 5) is 23.5. The summed E-state index contributed by atoms with van der Waals surface area (Å²) in [5.74, 6) is 1.24. The zero-order valence-corrected chi connectivity index (χ0v) is 16.9. The van der Waals surface area contributed by atoms with E-state index in [4.69, 9.17) is 18.6 Å². The van der Waals surface area contributed by atoms with E-state index in [1.165, 1.54) is 32.6 Å².